The molecule has 0 bridgehead atoms. The monoisotopic (exact) mass is 218 g/mol. The fourth-order valence-electron chi connectivity index (χ4n) is 1.11. The number of rotatable bonds is 5. The van der Waals surface area contributed by atoms with Crippen molar-refractivity contribution in [3.63, 3.8) is 0 Å². The first-order valence-electron chi connectivity index (χ1n) is 4.35. The molecular weight excluding hydrogens is 204 g/mol. The Kier molecular flexibility index (Phi) is 4.56. The predicted molar refractivity (Wildman–Crippen MR) is 61.1 cm³/mol. The van der Waals surface area contributed by atoms with Gasteiger partial charge in [0.1, 0.15) is 0 Å². The van der Waals surface area contributed by atoms with E-state index >= 15 is 0 Å². The first-order valence-corrected chi connectivity index (χ1v) is 5.54. The second kappa shape index (κ2) is 5.47. The van der Waals surface area contributed by atoms with Crippen LogP contribution in [0.2, 0.25) is 4.34 Å². The first kappa shape index (κ1) is 10.8. The Morgan fingerprint density at radius 3 is 2.85 bits per heavy atom. The van der Waals surface area contributed by atoms with Crippen LogP contribution in [0.15, 0.2) is 12.1 Å². The van der Waals surface area contributed by atoms with Gasteiger partial charge in [0, 0.05) is 13.6 Å². The summed E-state index contributed by atoms with van der Waals surface area (Å²) >= 11 is 7.47. The van der Waals surface area contributed by atoms with Gasteiger partial charge in [-0.15, -0.1) is 11.3 Å². The average Bonchev–Trinajstić information content (AvgIpc) is 2.52. The van der Waals surface area contributed by atoms with Crippen LogP contribution in [0.5, 0.6) is 0 Å². The summed E-state index contributed by atoms with van der Waals surface area (Å²) in [6, 6.07) is 4.00. The van der Waals surface area contributed by atoms with Gasteiger partial charge in [-0.3, -0.25) is 0 Å². The minimum absolute atomic E-state index is 0.857. The van der Waals surface area contributed by atoms with Crippen LogP contribution in [-0.2, 0) is 0 Å². The molecule has 0 aliphatic rings. The Balaban J connectivity index is 2.35. The summed E-state index contributed by atoms with van der Waals surface area (Å²) in [6.45, 7) is 2.13. The third kappa shape index (κ3) is 3.55. The summed E-state index contributed by atoms with van der Waals surface area (Å²) in [5.74, 6) is 0. The van der Waals surface area contributed by atoms with Gasteiger partial charge in [0.2, 0.25) is 0 Å². The Morgan fingerprint density at radius 2 is 2.31 bits per heavy atom. The van der Waals surface area contributed by atoms with E-state index in [9.17, 15) is 0 Å². The van der Waals surface area contributed by atoms with E-state index in [0.717, 1.165) is 23.8 Å². The smallest absolute Gasteiger partial charge is 0.0950 e. The molecule has 13 heavy (non-hydrogen) atoms. The number of thiophene rings is 1. The molecule has 74 valence electrons. The van der Waals surface area contributed by atoms with Gasteiger partial charge in [-0.2, -0.15) is 0 Å². The van der Waals surface area contributed by atoms with Crippen LogP contribution in [0.3, 0.4) is 0 Å². The van der Waals surface area contributed by atoms with Crippen LogP contribution >= 0.6 is 22.9 Å². The molecule has 0 amide bonds. The van der Waals surface area contributed by atoms with Gasteiger partial charge in [0.15, 0.2) is 0 Å². The lowest BCUT2D eigenvalue weighted by Gasteiger charge is -2.16. The van der Waals surface area contributed by atoms with Gasteiger partial charge in [-0.05, 0) is 32.1 Å². The van der Waals surface area contributed by atoms with Crippen molar-refractivity contribution in [2.45, 2.75) is 6.42 Å². The molecule has 1 N–H and O–H groups in total. The second-order valence-corrected chi connectivity index (χ2v) is 4.65. The Bertz CT molecular complexity index is 250. The van der Waals surface area contributed by atoms with E-state index in [2.05, 4.69) is 23.3 Å². The van der Waals surface area contributed by atoms with Crippen molar-refractivity contribution in [3.8, 4) is 0 Å². The van der Waals surface area contributed by atoms with Gasteiger partial charge in [0.25, 0.3) is 0 Å². The van der Waals surface area contributed by atoms with Gasteiger partial charge < -0.3 is 10.2 Å². The van der Waals surface area contributed by atoms with Crippen molar-refractivity contribution < 1.29 is 0 Å². The summed E-state index contributed by atoms with van der Waals surface area (Å²) < 4.78 is 0.857. The zero-order chi connectivity index (χ0) is 9.68. The van der Waals surface area contributed by atoms with Crippen LogP contribution in [0.1, 0.15) is 6.42 Å². The molecule has 1 aromatic heterocycles. The van der Waals surface area contributed by atoms with E-state index in [-0.39, 0.29) is 0 Å². The zero-order valence-corrected chi connectivity index (χ0v) is 9.58. The van der Waals surface area contributed by atoms with Gasteiger partial charge >= 0.3 is 0 Å². The number of halogens is 1. The molecule has 0 radical (unpaired) electrons. The molecule has 0 aliphatic carbocycles. The number of nitrogens with zero attached hydrogens (tertiary/aromatic N) is 1. The van der Waals surface area contributed by atoms with E-state index in [1.165, 1.54) is 5.00 Å². The standard InChI is InChI=1S/C9H15ClN2S/c1-11-6-3-7-12(2)9-5-4-8(10)13-9/h4-5,11H,3,6-7H2,1-2H3. The fourth-order valence-corrected chi connectivity index (χ4v) is 2.13. The molecule has 0 spiro atoms. The molecule has 0 fully saturated rings. The van der Waals surface area contributed by atoms with Crippen LogP contribution in [0, 0.1) is 0 Å². The van der Waals surface area contributed by atoms with Crippen molar-refractivity contribution in [3.05, 3.63) is 16.5 Å². The summed E-state index contributed by atoms with van der Waals surface area (Å²) in [5, 5.41) is 4.37. The second-order valence-electron chi connectivity index (χ2n) is 2.96. The number of nitrogens with one attached hydrogen (secondary N) is 1. The Labute approximate surface area is 88.5 Å². The van der Waals surface area contributed by atoms with Crippen molar-refractivity contribution in [1.82, 2.24) is 5.32 Å². The summed E-state index contributed by atoms with van der Waals surface area (Å²) in [5.41, 5.74) is 0. The molecule has 0 unspecified atom stereocenters. The minimum atomic E-state index is 0.857. The van der Waals surface area contributed by atoms with Crippen molar-refractivity contribution in [2.24, 2.45) is 0 Å². The van der Waals surface area contributed by atoms with E-state index in [1.807, 2.05) is 13.1 Å². The first-order chi connectivity index (χ1) is 6.24. The topological polar surface area (TPSA) is 15.3 Å². The van der Waals surface area contributed by atoms with Gasteiger partial charge in [0.05, 0.1) is 9.34 Å². The predicted octanol–water partition coefficient (Wildman–Crippen LogP) is 2.45. The summed E-state index contributed by atoms with van der Waals surface area (Å²) in [7, 11) is 4.07. The minimum Gasteiger partial charge on any atom is -0.366 e. The van der Waals surface area contributed by atoms with Gasteiger partial charge in [-0.1, -0.05) is 11.6 Å². The van der Waals surface area contributed by atoms with E-state index in [4.69, 9.17) is 11.6 Å². The third-order valence-electron chi connectivity index (χ3n) is 1.86. The molecule has 4 heteroatoms. The maximum Gasteiger partial charge on any atom is 0.0950 e. The molecule has 1 aromatic rings. The summed E-state index contributed by atoms with van der Waals surface area (Å²) in [6.07, 6.45) is 1.16. The average molecular weight is 219 g/mol. The third-order valence-corrected chi connectivity index (χ3v) is 3.20. The van der Waals surface area contributed by atoms with Crippen molar-refractivity contribution >= 4 is 27.9 Å². The Morgan fingerprint density at radius 1 is 1.54 bits per heavy atom. The highest BCUT2D eigenvalue weighted by Gasteiger charge is 2.02. The number of hydrogen-bond acceptors (Lipinski definition) is 3. The molecule has 1 rings (SSSR count). The van der Waals surface area contributed by atoms with Crippen molar-refractivity contribution in [1.29, 1.82) is 0 Å². The van der Waals surface area contributed by atoms with Crippen molar-refractivity contribution in [2.75, 3.05) is 32.1 Å². The molecular formula is C9H15ClN2S. The fraction of sp³-hybridized carbons (Fsp3) is 0.556. The largest absolute Gasteiger partial charge is 0.366 e. The zero-order valence-electron chi connectivity index (χ0n) is 8.01. The number of hydrogen-bond donors (Lipinski definition) is 1. The molecule has 0 aromatic carbocycles. The van der Waals surface area contributed by atoms with Gasteiger partial charge in [-0.25, -0.2) is 0 Å². The Hall–Kier alpha value is -0.250. The highest BCUT2D eigenvalue weighted by molar-refractivity contribution is 7.19. The lowest BCUT2D eigenvalue weighted by Crippen LogP contribution is -2.21. The maximum absolute atomic E-state index is 5.85. The molecule has 1 heterocycles. The van der Waals surface area contributed by atoms with E-state index < -0.39 is 0 Å². The van der Waals surface area contributed by atoms with E-state index in [0.29, 0.717) is 0 Å². The molecule has 0 saturated carbocycles. The molecule has 2 nitrogen and oxygen atoms in total. The molecule has 0 atom stereocenters. The highest BCUT2D eigenvalue weighted by atomic mass is 35.5. The van der Waals surface area contributed by atoms with E-state index in [1.54, 1.807) is 11.3 Å². The summed E-state index contributed by atoms with van der Waals surface area (Å²) in [4.78, 5) is 2.23. The van der Waals surface area contributed by atoms with Crippen LogP contribution < -0.4 is 10.2 Å². The molecule has 0 saturated heterocycles. The van der Waals surface area contributed by atoms with Crippen LogP contribution in [0.25, 0.3) is 0 Å². The normalized spacial score (nSPS) is 10.4. The highest BCUT2D eigenvalue weighted by Crippen LogP contribution is 2.28. The quantitative estimate of drug-likeness (QED) is 0.764. The SMILES string of the molecule is CNCCCN(C)c1ccc(Cl)s1. The maximum atomic E-state index is 5.85. The molecule has 0 aliphatic heterocycles. The lowest BCUT2D eigenvalue weighted by atomic mass is 10.4. The van der Waals surface area contributed by atoms with Crippen LogP contribution in [-0.4, -0.2) is 27.2 Å². The lowest BCUT2D eigenvalue weighted by molar-refractivity contribution is 0.715. The number of anilines is 1. The van der Waals surface area contributed by atoms with Crippen LogP contribution in [0.4, 0.5) is 5.00 Å².